The van der Waals surface area contributed by atoms with Gasteiger partial charge >= 0.3 is 0 Å². The van der Waals surface area contributed by atoms with Crippen LogP contribution in [0.1, 0.15) is 17.5 Å². The lowest BCUT2D eigenvalue weighted by molar-refractivity contribution is -0.711. The second kappa shape index (κ2) is 6.00. The van der Waals surface area contributed by atoms with Gasteiger partial charge in [-0.15, -0.1) is 12.6 Å². The molecule has 6 heteroatoms. The van der Waals surface area contributed by atoms with Crippen molar-refractivity contribution in [2.24, 2.45) is 0 Å². The minimum Gasteiger partial charge on any atom is -0.314 e. The number of carbonyl (C=O) groups excluding carboxylic acids is 1. The number of hydrogen-bond acceptors (Lipinski definition) is 4. The van der Waals surface area contributed by atoms with Crippen LogP contribution in [-0.4, -0.2) is 10.9 Å². The molecule has 0 spiro atoms. The number of nitrogens with one attached hydrogen (secondary N) is 1. The summed E-state index contributed by atoms with van der Waals surface area (Å²) in [6, 6.07) is 10.8. The Hall–Kier alpha value is -2.65. The maximum absolute atomic E-state index is 12.5. The fourth-order valence-electron chi connectivity index (χ4n) is 2.66. The third-order valence-electron chi connectivity index (χ3n) is 3.64. The predicted octanol–water partition coefficient (Wildman–Crippen LogP) is 1.49. The van der Waals surface area contributed by atoms with Gasteiger partial charge < -0.3 is 5.32 Å². The number of rotatable bonds is 2. The standard InChI is InChI=1S/C16H12N4OS/c17-10-12-13(11-4-6-18-7-5-11)14(15(21)19-16(12)22)20-8-2-1-3-9-20/h1-9,13-14H,(H-,19,21,22)/p+1/t13-,14+/m0/s1. The Bertz CT molecular complexity index is 768. The Morgan fingerprint density at radius 3 is 2.55 bits per heavy atom. The second-order valence-electron chi connectivity index (χ2n) is 4.89. The highest BCUT2D eigenvalue weighted by atomic mass is 32.1. The van der Waals surface area contributed by atoms with Gasteiger partial charge in [0.1, 0.15) is 0 Å². The van der Waals surface area contributed by atoms with Gasteiger partial charge in [0.15, 0.2) is 12.4 Å². The molecule has 22 heavy (non-hydrogen) atoms. The normalized spacial score (nSPS) is 21.2. The SMILES string of the molecule is N#CC1=C(S)NC(=O)[C@H]([n+]2ccccc2)[C@H]1c1ccncc1. The maximum atomic E-state index is 12.5. The summed E-state index contributed by atoms with van der Waals surface area (Å²) in [6.45, 7) is 0. The monoisotopic (exact) mass is 309 g/mol. The highest BCUT2D eigenvalue weighted by Gasteiger charge is 2.44. The molecule has 2 aromatic rings. The molecule has 0 bridgehead atoms. The molecule has 0 unspecified atom stereocenters. The highest BCUT2D eigenvalue weighted by molar-refractivity contribution is 7.84. The lowest BCUT2D eigenvalue weighted by Crippen LogP contribution is -2.53. The zero-order chi connectivity index (χ0) is 15.5. The van der Waals surface area contributed by atoms with E-state index in [1.165, 1.54) is 0 Å². The van der Waals surface area contributed by atoms with Crippen LogP contribution in [0.25, 0.3) is 0 Å². The Kier molecular flexibility index (Phi) is 3.90. The third-order valence-corrected chi connectivity index (χ3v) is 3.99. The number of pyridine rings is 2. The summed E-state index contributed by atoms with van der Waals surface area (Å²) >= 11 is 4.26. The van der Waals surface area contributed by atoms with Crippen molar-refractivity contribution < 1.29 is 9.36 Å². The summed E-state index contributed by atoms with van der Waals surface area (Å²) in [5, 5.41) is 12.5. The van der Waals surface area contributed by atoms with Crippen LogP contribution in [0.4, 0.5) is 0 Å². The van der Waals surface area contributed by atoms with E-state index in [-0.39, 0.29) is 5.91 Å². The fraction of sp³-hybridized carbons (Fsp3) is 0.125. The van der Waals surface area contributed by atoms with Gasteiger partial charge in [0.25, 0.3) is 5.91 Å². The van der Waals surface area contributed by atoms with Crippen molar-refractivity contribution in [2.45, 2.75) is 12.0 Å². The molecule has 0 saturated heterocycles. The van der Waals surface area contributed by atoms with E-state index < -0.39 is 12.0 Å². The van der Waals surface area contributed by atoms with Crippen LogP contribution in [0.5, 0.6) is 0 Å². The zero-order valence-electron chi connectivity index (χ0n) is 11.5. The molecule has 1 amide bonds. The molecule has 3 rings (SSSR count). The quantitative estimate of drug-likeness (QED) is 0.652. The van der Waals surface area contributed by atoms with Crippen molar-refractivity contribution in [1.82, 2.24) is 10.3 Å². The number of aromatic nitrogens is 2. The lowest BCUT2D eigenvalue weighted by atomic mass is 9.83. The van der Waals surface area contributed by atoms with E-state index in [9.17, 15) is 10.1 Å². The van der Waals surface area contributed by atoms with Crippen molar-refractivity contribution in [3.63, 3.8) is 0 Å². The van der Waals surface area contributed by atoms with Crippen LogP contribution in [0.2, 0.25) is 0 Å². The number of hydrogen-bond donors (Lipinski definition) is 2. The molecule has 2 aromatic heterocycles. The number of nitriles is 1. The van der Waals surface area contributed by atoms with Crippen LogP contribution in [0.3, 0.4) is 0 Å². The minimum atomic E-state index is -0.547. The van der Waals surface area contributed by atoms with E-state index in [4.69, 9.17) is 0 Å². The van der Waals surface area contributed by atoms with Crippen molar-refractivity contribution in [2.75, 3.05) is 0 Å². The minimum absolute atomic E-state index is 0.193. The summed E-state index contributed by atoms with van der Waals surface area (Å²) in [5.41, 5.74) is 1.30. The first-order chi connectivity index (χ1) is 10.7. The van der Waals surface area contributed by atoms with Crippen LogP contribution in [0, 0.1) is 11.3 Å². The van der Waals surface area contributed by atoms with Gasteiger partial charge in [-0.1, -0.05) is 6.07 Å². The molecule has 108 valence electrons. The molecule has 1 aliphatic rings. The van der Waals surface area contributed by atoms with Crippen molar-refractivity contribution in [1.29, 1.82) is 5.26 Å². The Labute approximate surface area is 133 Å². The molecule has 3 heterocycles. The third kappa shape index (κ3) is 2.47. The number of thiol groups is 1. The molecule has 1 aliphatic heterocycles. The molecule has 0 saturated carbocycles. The number of carbonyl (C=O) groups is 1. The van der Waals surface area contributed by atoms with Gasteiger partial charge in [-0.05, 0) is 17.7 Å². The maximum Gasteiger partial charge on any atom is 0.294 e. The fourth-order valence-corrected chi connectivity index (χ4v) is 2.96. The van der Waals surface area contributed by atoms with E-state index >= 15 is 0 Å². The Morgan fingerprint density at radius 1 is 1.23 bits per heavy atom. The molecule has 2 atom stereocenters. The van der Waals surface area contributed by atoms with Crippen LogP contribution in [0.15, 0.2) is 65.7 Å². The van der Waals surface area contributed by atoms with Crippen molar-refractivity contribution >= 4 is 18.5 Å². The molecule has 0 aromatic carbocycles. The average molecular weight is 309 g/mol. The largest absolute Gasteiger partial charge is 0.314 e. The zero-order valence-corrected chi connectivity index (χ0v) is 12.4. The van der Waals surface area contributed by atoms with E-state index in [0.29, 0.717) is 10.6 Å². The summed E-state index contributed by atoms with van der Waals surface area (Å²) < 4.78 is 1.80. The molecular formula is C16H13N4OS+. The van der Waals surface area contributed by atoms with Gasteiger partial charge in [0.2, 0.25) is 6.04 Å². The van der Waals surface area contributed by atoms with E-state index in [2.05, 4.69) is 29.0 Å². The number of allylic oxidation sites excluding steroid dienone is 1. The van der Waals surface area contributed by atoms with E-state index in [1.807, 2.05) is 42.7 Å². The van der Waals surface area contributed by atoms with Gasteiger partial charge in [-0.2, -0.15) is 9.83 Å². The molecule has 0 aliphatic carbocycles. The Balaban J connectivity index is 2.19. The van der Waals surface area contributed by atoms with Crippen molar-refractivity contribution in [3.8, 4) is 6.07 Å². The van der Waals surface area contributed by atoms with Crippen molar-refractivity contribution in [3.05, 3.63) is 71.3 Å². The summed E-state index contributed by atoms with van der Waals surface area (Å²) in [4.78, 5) is 16.5. The Morgan fingerprint density at radius 2 is 1.91 bits per heavy atom. The average Bonchev–Trinajstić information content (AvgIpc) is 2.56. The first-order valence-electron chi connectivity index (χ1n) is 6.72. The first kappa shape index (κ1) is 14.3. The first-order valence-corrected chi connectivity index (χ1v) is 7.17. The lowest BCUT2D eigenvalue weighted by Gasteiger charge is -2.27. The predicted molar refractivity (Wildman–Crippen MR) is 82.4 cm³/mol. The summed E-state index contributed by atoms with van der Waals surface area (Å²) in [7, 11) is 0. The molecular weight excluding hydrogens is 296 g/mol. The van der Waals surface area contributed by atoms with E-state index in [1.54, 1.807) is 17.0 Å². The molecule has 1 N–H and O–H groups in total. The summed E-state index contributed by atoms with van der Waals surface area (Å²) in [6.07, 6.45) is 6.94. The van der Waals surface area contributed by atoms with Gasteiger partial charge in [0.05, 0.1) is 22.6 Å². The van der Waals surface area contributed by atoms with E-state index in [0.717, 1.165) is 5.56 Å². The smallest absolute Gasteiger partial charge is 0.294 e. The topological polar surface area (TPSA) is 69.7 Å². The second-order valence-corrected chi connectivity index (χ2v) is 5.34. The van der Waals surface area contributed by atoms with Gasteiger partial charge in [0, 0.05) is 24.5 Å². The van der Waals surface area contributed by atoms with Gasteiger partial charge in [-0.3, -0.25) is 9.78 Å². The van der Waals surface area contributed by atoms with Crippen LogP contribution >= 0.6 is 12.6 Å². The van der Waals surface area contributed by atoms with Crippen LogP contribution in [-0.2, 0) is 4.79 Å². The van der Waals surface area contributed by atoms with Crippen LogP contribution < -0.4 is 9.88 Å². The molecule has 0 radical (unpaired) electrons. The number of amides is 1. The number of nitrogens with zero attached hydrogens (tertiary/aromatic N) is 3. The molecule has 5 nitrogen and oxygen atoms in total. The molecule has 0 fully saturated rings. The summed E-state index contributed by atoms with van der Waals surface area (Å²) in [5.74, 6) is -0.594. The highest BCUT2D eigenvalue weighted by Crippen LogP contribution is 2.37. The van der Waals surface area contributed by atoms with Gasteiger partial charge in [-0.25, -0.2) is 0 Å².